The van der Waals surface area contributed by atoms with E-state index in [-0.39, 0.29) is 31.1 Å². The first-order valence-corrected chi connectivity index (χ1v) is 7.13. The van der Waals surface area contributed by atoms with Crippen LogP contribution in [0.15, 0.2) is 0 Å². The van der Waals surface area contributed by atoms with Crippen LogP contribution in [0.2, 0.25) is 0 Å². The van der Waals surface area contributed by atoms with E-state index in [4.69, 9.17) is 0 Å². The number of carbonyl (C=O) groups is 1. The minimum atomic E-state index is -5.53. The van der Waals surface area contributed by atoms with Crippen LogP contribution in [-0.4, -0.2) is 33.1 Å². The normalized spacial score (nSPS) is 25.1. The van der Waals surface area contributed by atoms with Gasteiger partial charge in [0, 0.05) is 6.42 Å². The number of hydrogen-bond donors (Lipinski definition) is 0. The third-order valence-corrected chi connectivity index (χ3v) is 4.12. The van der Waals surface area contributed by atoms with Gasteiger partial charge >= 0.3 is 21.6 Å². The Balaban J connectivity index is 2.45. The Morgan fingerprint density at radius 2 is 1.74 bits per heavy atom. The molecule has 0 aromatic carbocycles. The Kier molecular flexibility index (Phi) is 5.19. The third-order valence-electron chi connectivity index (χ3n) is 3.02. The summed E-state index contributed by atoms with van der Waals surface area (Å²) >= 11 is 0. The highest BCUT2D eigenvalue weighted by Crippen LogP contribution is 2.33. The molecule has 0 saturated heterocycles. The van der Waals surface area contributed by atoms with Crippen molar-refractivity contribution in [3.63, 3.8) is 0 Å². The monoisotopic (exact) mass is 304 g/mol. The molecule has 0 aromatic heterocycles. The summed E-state index contributed by atoms with van der Waals surface area (Å²) < 4.78 is 66.6. The predicted octanol–water partition coefficient (Wildman–Crippen LogP) is 1.97. The van der Waals surface area contributed by atoms with E-state index in [1.165, 1.54) is 7.11 Å². The molecule has 1 fully saturated rings. The number of esters is 1. The third kappa shape index (κ3) is 4.64. The second-order valence-electron chi connectivity index (χ2n) is 4.42. The van der Waals surface area contributed by atoms with E-state index in [2.05, 4.69) is 8.92 Å². The summed E-state index contributed by atoms with van der Waals surface area (Å²) in [7, 11) is -4.28. The fourth-order valence-electron chi connectivity index (χ4n) is 1.98. The highest BCUT2D eigenvalue weighted by atomic mass is 32.2. The van der Waals surface area contributed by atoms with Gasteiger partial charge in [-0.3, -0.25) is 8.98 Å². The van der Waals surface area contributed by atoms with E-state index in [1.54, 1.807) is 0 Å². The van der Waals surface area contributed by atoms with Crippen molar-refractivity contribution in [3.05, 3.63) is 0 Å². The lowest BCUT2D eigenvalue weighted by atomic mass is 9.85. The van der Waals surface area contributed by atoms with Crippen molar-refractivity contribution in [2.75, 3.05) is 7.11 Å². The first-order chi connectivity index (χ1) is 8.65. The Morgan fingerprint density at radius 1 is 1.21 bits per heavy atom. The van der Waals surface area contributed by atoms with E-state index >= 15 is 0 Å². The molecule has 0 heterocycles. The summed E-state index contributed by atoms with van der Waals surface area (Å²) in [5.74, 6) is -0.381. The minimum Gasteiger partial charge on any atom is -0.469 e. The predicted molar refractivity (Wildman–Crippen MR) is 58.4 cm³/mol. The van der Waals surface area contributed by atoms with Crippen LogP contribution >= 0.6 is 0 Å². The molecule has 19 heavy (non-hydrogen) atoms. The molecule has 0 aromatic rings. The van der Waals surface area contributed by atoms with Crippen LogP contribution in [0.4, 0.5) is 13.2 Å². The zero-order valence-electron chi connectivity index (χ0n) is 10.3. The average Bonchev–Trinajstić information content (AvgIpc) is 2.29. The van der Waals surface area contributed by atoms with Gasteiger partial charge in [0.2, 0.25) is 0 Å². The Bertz CT molecular complexity index is 409. The molecular formula is C10H15F3O5S. The standard InChI is InChI=1S/C10H15F3O5S/c1-17-9(14)6-7-2-4-8(5-3-7)18-19(15,16)10(11,12)13/h7-8H,2-6H2,1H3. The molecule has 0 atom stereocenters. The van der Waals surface area contributed by atoms with Gasteiger partial charge in [0.15, 0.2) is 0 Å². The van der Waals surface area contributed by atoms with Gasteiger partial charge in [-0.2, -0.15) is 21.6 Å². The fourth-order valence-corrected chi connectivity index (χ4v) is 2.64. The molecule has 1 aliphatic rings. The van der Waals surface area contributed by atoms with Crippen LogP contribution in [0.5, 0.6) is 0 Å². The quantitative estimate of drug-likeness (QED) is 0.451. The van der Waals surface area contributed by atoms with Gasteiger partial charge in [-0.15, -0.1) is 0 Å². The molecule has 5 nitrogen and oxygen atoms in total. The van der Waals surface area contributed by atoms with Crippen LogP contribution in [0.1, 0.15) is 32.1 Å². The largest absolute Gasteiger partial charge is 0.523 e. The minimum absolute atomic E-state index is 0.000825. The maximum Gasteiger partial charge on any atom is 0.523 e. The van der Waals surface area contributed by atoms with Crippen LogP contribution in [-0.2, 0) is 23.8 Å². The highest BCUT2D eigenvalue weighted by molar-refractivity contribution is 7.87. The molecule has 9 heteroatoms. The van der Waals surface area contributed by atoms with Gasteiger partial charge in [0.05, 0.1) is 13.2 Å². The van der Waals surface area contributed by atoms with Crippen molar-refractivity contribution in [1.82, 2.24) is 0 Å². The molecule has 0 amide bonds. The summed E-state index contributed by atoms with van der Waals surface area (Å²) in [5.41, 5.74) is -5.39. The van der Waals surface area contributed by atoms with Crippen LogP contribution in [0, 0.1) is 5.92 Å². The first-order valence-electron chi connectivity index (χ1n) is 5.72. The summed E-state index contributed by atoms with van der Waals surface area (Å²) in [6.07, 6.45) is 0.448. The average molecular weight is 304 g/mol. The van der Waals surface area contributed by atoms with Crippen LogP contribution in [0.3, 0.4) is 0 Å². The lowest BCUT2D eigenvalue weighted by Crippen LogP contribution is -2.32. The van der Waals surface area contributed by atoms with Crippen molar-refractivity contribution in [2.45, 2.75) is 43.7 Å². The lowest BCUT2D eigenvalue weighted by Gasteiger charge is -2.27. The van der Waals surface area contributed by atoms with Gasteiger partial charge in [0.25, 0.3) is 0 Å². The number of halogens is 3. The summed E-state index contributed by atoms with van der Waals surface area (Å²) in [6, 6.07) is 0. The van der Waals surface area contributed by atoms with E-state index < -0.39 is 21.7 Å². The molecule has 0 unspecified atom stereocenters. The number of carbonyl (C=O) groups excluding carboxylic acids is 1. The maximum atomic E-state index is 12.1. The van der Waals surface area contributed by atoms with E-state index in [0.29, 0.717) is 12.8 Å². The topological polar surface area (TPSA) is 69.7 Å². The van der Waals surface area contributed by atoms with Gasteiger partial charge < -0.3 is 4.74 Å². The van der Waals surface area contributed by atoms with Gasteiger partial charge in [-0.25, -0.2) is 0 Å². The molecule has 0 bridgehead atoms. The van der Waals surface area contributed by atoms with E-state index in [9.17, 15) is 26.4 Å². The van der Waals surface area contributed by atoms with Gasteiger partial charge in [0.1, 0.15) is 0 Å². The number of methoxy groups -OCH3 is 1. The van der Waals surface area contributed by atoms with Crippen molar-refractivity contribution in [1.29, 1.82) is 0 Å². The lowest BCUT2D eigenvalue weighted by molar-refractivity contribution is -0.142. The van der Waals surface area contributed by atoms with Crippen molar-refractivity contribution in [3.8, 4) is 0 Å². The molecule has 0 aliphatic heterocycles. The SMILES string of the molecule is COC(=O)CC1CCC(OS(=O)(=O)C(F)(F)F)CC1. The number of rotatable bonds is 4. The number of alkyl halides is 3. The number of hydrogen-bond acceptors (Lipinski definition) is 5. The van der Waals surface area contributed by atoms with Crippen molar-refractivity contribution < 1.29 is 35.3 Å². The molecular weight excluding hydrogens is 289 g/mol. The number of ether oxygens (including phenoxy) is 1. The van der Waals surface area contributed by atoms with Crippen molar-refractivity contribution in [2.24, 2.45) is 5.92 Å². The zero-order valence-corrected chi connectivity index (χ0v) is 11.1. The molecule has 1 saturated carbocycles. The van der Waals surface area contributed by atoms with E-state index in [1.807, 2.05) is 0 Å². The highest BCUT2D eigenvalue weighted by Gasteiger charge is 2.48. The van der Waals surface area contributed by atoms with Gasteiger partial charge in [-0.05, 0) is 31.6 Å². The Labute approximate surface area is 109 Å². The van der Waals surface area contributed by atoms with Crippen LogP contribution in [0.25, 0.3) is 0 Å². The molecule has 1 rings (SSSR count). The van der Waals surface area contributed by atoms with Crippen LogP contribution < -0.4 is 0 Å². The fraction of sp³-hybridized carbons (Fsp3) is 0.900. The molecule has 0 N–H and O–H groups in total. The summed E-state index contributed by atoms with van der Waals surface area (Å²) in [4.78, 5) is 11.0. The molecule has 0 radical (unpaired) electrons. The summed E-state index contributed by atoms with van der Waals surface area (Å²) in [6.45, 7) is 0. The second-order valence-corrected chi connectivity index (χ2v) is 5.98. The van der Waals surface area contributed by atoms with Gasteiger partial charge in [-0.1, -0.05) is 0 Å². The molecule has 0 spiro atoms. The Hall–Kier alpha value is -0.830. The first kappa shape index (κ1) is 16.2. The smallest absolute Gasteiger partial charge is 0.469 e. The van der Waals surface area contributed by atoms with Crippen molar-refractivity contribution >= 4 is 16.1 Å². The Morgan fingerprint density at radius 3 is 2.16 bits per heavy atom. The molecule has 112 valence electrons. The molecule has 1 aliphatic carbocycles. The summed E-state index contributed by atoms with van der Waals surface area (Å²) in [5, 5.41) is 0. The second kappa shape index (κ2) is 6.08. The maximum absolute atomic E-state index is 12.1. The van der Waals surface area contributed by atoms with E-state index in [0.717, 1.165) is 0 Å². The zero-order chi connectivity index (χ0) is 14.7.